The van der Waals surface area contributed by atoms with E-state index >= 15 is 0 Å². The van der Waals surface area contributed by atoms with Gasteiger partial charge in [0.25, 0.3) is 0 Å². The van der Waals surface area contributed by atoms with Crippen LogP contribution in [0.25, 0.3) is 0 Å². The van der Waals surface area contributed by atoms with Gasteiger partial charge >= 0.3 is 0 Å². The quantitative estimate of drug-likeness (QED) is 0.785. The fourth-order valence-electron chi connectivity index (χ4n) is 2.65. The molecule has 2 rings (SSSR count). The van der Waals surface area contributed by atoms with Gasteiger partial charge in [0.1, 0.15) is 0 Å². The monoisotopic (exact) mass is 232 g/mol. The molecular weight excluding hydrogens is 208 g/mol. The minimum Gasteiger partial charge on any atom is -0.371 e. The van der Waals surface area contributed by atoms with Gasteiger partial charge in [0.2, 0.25) is 0 Å². The fourth-order valence-corrected chi connectivity index (χ4v) is 2.65. The summed E-state index contributed by atoms with van der Waals surface area (Å²) in [6, 6.07) is 8.90. The summed E-state index contributed by atoms with van der Waals surface area (Å²) in [5.41, 5.74) is 3.00. The second-order valence-electron chi connectivity index (χ2n) is 5.05. The van der Waals surface area contributed by atoms with Crippen molar-refractivity contribution in [3.8, 4) is 0 Å². The smallest absolute Gasteiger partial charge is 0.0401 e. The maximum Gasteiger partial charge on any atom is 0.0401 e. The number of nitrogens with zero attached hydrogens (tertiary/aromatic N) is 1. The predicted octanol–water partition coefficient (Wildman–Crippen LogP) is 3.00. The summed E-state index contributed by atoms with van der Waals surface area (Å²) in [5, 5.41) is 3.21. The summed E-state index contributed by atoms with van der Waals surface area (Å²) in [6.07, 6.45) is 3.84. The Bertz CT molecular complexity index is 349. The molecule has 1 atom stereocenters. The molecule has 0 aromatic heterocycles. The second-order valence-corrected chi connectivity index (χ2v) is 5.05. The Morgan fingerprint density at radius 2 is 2.12 bits per heavy atom. The lowest BCUT2D eigenvalue weighted by atomic mass is 9.91. The fraction of sp³-hybridized carbons (Fsp3) is 0.600. The number of benzene rings is 1. The van der Waals surface area contributed by atoms with Crippen LogP contribution in [0, 0.1) is 0 Å². The van der Waals surface area contributed by atoms with E-state index < -0.39 is 0 Å². The van der Waals surface area contributed by atoms with E-state index in [4.69, 9.17) is 0 Å². The van der Waals surface area contributed by atoms with Crippen LogP contribution in [0.3, 0.4) is 0 Å². The van der Waals surface area contributed by atoms with Crippen LogP contribution in [0.1, 0.15) is 37.7 Å². The Kier molecular flexibility index (Phi) is 4.43. The molecule has 1 aromatic carbocycles. The summed E-state index contributed by atoms with van der Waals surface area (Å²) >= 11 is 0. The van der Waals surface area contributed by atoms with Crippen LogP contribution in [0.15, 0.2) is 24.3 Å². The first-order chi connectivity index (χ1) is 8.33. The minimum atomic E-state index is 0.722. The van der Waals surface area contributed by atoms with Gasteiger partial charge in [-0.25, -0.2) is 0 Å². The van der Waals surface area contributed by atoms with Gasteiger partial charge in [-0.2, -0.15) is 0 Å². The largest absolute Gasteiger partial charge is 0.371 e. The molecule has 17 heavy (non-hydrogen) atoms. The van der Waals surface area contributed by atoms with Crippen molar-refractivity contribution in [1.82, 2.24) is 5.32 Å². The first-order valence-corrected chi connectivity index (χ1v) is 6.81. The molecule has 1 N–H and O–H groups in total. The lowest BCUT2D eigenvalue weighted by Gasteiger charge is -2.34. The average molecular weight is 232 g/mol. The van der Waals surface area contributed by atoms with E-state index in [0.29, 0.717) is 0 Å². The van der Waals surface area contributed by atoms with Crippen molar-refractivity contribution in [2.24, 2.45) is 0 Å². The Balaban J connectivity index is 1.98. The third-order valence-corrected chi connectivity index (χ3v) is 3.75. The number of hydrogen-bond donors (Lipinski definition) is 1. The summed E-state index contributed by atoms with van der Waals surface area (Å²) in [6.45, 7) is 5.90. The molecule has 1 heterocycles. The molecular formula is C15H24N2. The van der Waals surface area contributed by atoms with Crippen molar-refractivity contribution in [2.75, 3.05) is 31.6 Å². The highest BCUT2D eigenvalue weighted by Crippen LogP contribution is 2.34. The number of para-hydroxylation sites is 1. The Morgan fingerprint density at radius 3 is 2.94 bits per heavy atom. The van der Waals surface area contributed by atoms with Crippen LogP contribution in [0.2, 0.25) is 0 Å². The molecule has 0 fully saturated rings. The van der Waals surface area contributed by atoms with Gasteiger partial charge in [-0.15, -0.1) is 0 Å². The van der Waals surface area contributed by atoms with Gasteiger partial charge in [-0.3, -0.25) is 0 Å². The van der Waals surface area contributed by atoms with Crippen molar-refractivity contribution in [3.63, 3.8) is 0 Å². The van der Waals surface area contributed by atoms with Gasteiger partial charge < -0.3 is 10.2 Å². The SMILES string of the molecule is CNCCCCN1CCC(C)c2ccccc21. The van der Waals surface area contributed by atoms with Crippen LogP contribution in [0.4, 0.5) is 5.69 Å². The minimum absolute atomic E-state index is 0.722. The van der Waals surface area contributed by atoms with E-state index in [1.54, 1.807) is 0 Å². The van der Waals surface area contributed by atoms with Crippen molar-refractivity contribution in [3.05, 3.63) is 29.8 Å². The molecule has 0 radical (unpaired) electrons. The summed E-state index contributed by atoms with van der Waals surface area (Å²) in [7, 11) is 2.03. The number of unbranched alkanes of at least 4 members (excludes halogenated alkanes) is 1. The van der Waals surface area contributed by atoms with Crippen LogP contribution in [-0.4, -0.2) is 26.7 Å². The summed E-state index contributed by atoms with van der Waals surface area (Å²) in [5.74, 6) is 0.722. The molecule has 1 aliphatic rings. The van der Waals surface area contributed by atoms with Crippen LogP contribution in [0.5, 0.6) is 0 Å². The molecule has 0 saturated carbocycles. The van der Waals surface area contributed by atoms with E-state index in [0.717, 1.165) is 12.5 Å². The first-order valence-electron chi connectivity index (χ1n) is 6.81. The normalized spacial score (nSPS) is 19.2. The van der Waals surface area contributed by atoms with E-state index in [-0.39, 0.29) is 0 Å². The topological polar surface area (TPSA) is 15.3 Å². The first kappa shape index (κ1) is 12.4. The van der Waals surface area contributed by atoms with E-state index in [2.05, 4.69) is 41.4 Å². The van der Waals surface area contributed by atoms with Gasteiger partial charge in [-0.1, -0.05) is 25.1 Å². The van der Waals surface area contributed by atoms with Gasteiger partial charge in [0.05, 0.1) is 0 Å². The summed E-state index contributed by atoms with van der Waals surface area (Å²) < 4.78 is 0. The van der Waals surface area contributed by atoms with Gasteiger partial charge in [0.15, 0.2) is 0 Å². The van der Waals surface area contributed by atoms with E-state index in [1.807, 2.05) is 7.05 Å². The number of nitrogens with one attached hydrogen (secondary N) is 1. The summed E-state index contributed by atoms with van der Waals surface area (Å²) in [4.78, 5) is 2.56. The molecule has 1 aliphatic heterocycles. The highest BCUT2D eigenvalue weighted by molar-refractivity contribution is 5.56. The maximum absolute atomic E-state index is 3.21. The Morgan fingerprint density at radius 1 is 1.29 bits per heavy atom. The molecule has 1 aromatic rings. The van der Waals surface area contributed by atoms with Crippen molar-refractivity contribution in [1.29, 1.82) is 0 Å². The van der Waals surface area contributed by atoms with Crippen LogP contribution in [-0.2, 0) is 0 Å². The van der Waals surface area contributed by atoms with Crippen molar-refractivity contribution >= 4 is 5.69 Å². The van der Waals surface area contributed by atoms with Gasteiger partial charge in [0, 0.05) is 18.8 Å². The Labute approximate surface area is 105 Å². The van der Waals surface area contributed by atoms with E-state index in [1.165, 1.54) is 43.6 Å². The molecule has 94 valence electrons. The number of anilines is 1. The molecule has 0 bridgehead atoms. The van der Waals surface area contributed by atoms with Crippen LogP contribution < -0.4 is 10.2 Å². The average Bonchev–Trinajstić information content (AvgIpc) is 2.37. The zero-order valence-electron chi connectivity index (χ0n) is 11.1. The van der Waals surface area contributed by atoms with Crippen LogP contribution >= 0.6 is 0 Å². The third-order valence-electron chi connectivity index (χ3n) is 3.75. The number of hydrogen-bond acceptors (Lipinski definition) is 2. The molecule has 0 amide bonds. The van der Waals surface area contributed by atoms with Crippen molar-refractivity contribution in [2.45, 2.75) is 32.1 Å². The molecule has 0 saturated heterocycles. The standard InChI is InChI=1S/C15H24N2/c1-13-9-12-17(11-6-5-10-16-2)15-8-4-3-7-14(13)15/h3-4,7-8,13,16H,5-6,9-12H2,1-2H3. The zero-order valence-corrected chi connectivity index (χ0v) is 11.1. The number of rotatable bonds is 5. The van der Waals surface area contributed by atoms with E-state index in [9.17, 15) is 0 Å². The van der Waals surface area contributed by atoms with Gasteiger partial charge in [-0.05, 0) is 50.4 Å². The third kappa shape index (κ3) is 3.01. The maximum atomic E-state index is 3.21. The zero-order chi connectivity index (χ0) is 12.1. The van der Waals surface area contributed by atoms with Crippen molar-refractivity contribution < 1.29 is 0 Å². The lowest BCUT2D eigenvalue weighted by molar-refractivity contribution is 0.585. The number of fused-ring (bicyclic) bond motifs is 1. The molecule has 2 nitrogen and oxygen atoms in total. The lowest BCUT2D eigenvalue weighted by Crippen LogP contribution is -2.31. The molecule has 1 unspecified atom stereocenters. The molecule has 0 aliphatic carbocycles. The highest BCUT2D eigenvalue weighted by atomic mass is 15.1. The highest BCUT2D eigenvalue weighted by Gasteiger charge is 2.20. The molecule has 0 spiro atoms. The molecule has 2 heteroatoms. The Hall–Kier alpha value is -1.02. The second kappa shape index (κ2) is 6.06. The predicted molar refractivity (Wildman–Crippen MR) is 74.8 cm³/mol.